The molecule has 0 aromatic heterocycles. The normalized spacial score (nSPS) is 11.8. The second-order valence-corrected chi connectivity index (χ2v) is 5.77. The quantitative estimate of drug-likeness (QED) is 0.843. The van der Waals surface area contributed by atoms with Gasteiger partial charge in [-0.05, 0) is 49.1 Å². The molecule has 2 rings (SSSR count). The lowest BCUT2D eigenvalue weighted by Gasteiger charge is -2.19. The fourth-order valence-corrected chi connectivity index (χ4v) is 2.58. The summed E-state index contributed by atoms with van der Waals surface area (Å²) in [5.74, 6) is 0.718. The Kier molecular flexibility index (Phi) is 6.38. The molecule has 1 atom stereocenters. The Balaban J connectivity index is 2.22. The van der Waals surface area contributed by atoms with Crippen LogP contribution in [0.2, 0.25) is 0 Å². The molecule has 0 aliphatic carbocycles. The maximum atomic E-state index is 12.2. The molecular formula is C20H25NO3. The lowest BCUT2D eigenvalue weighted by Crippen LogP contribution is -2.30. The zero-order valence-corrected chi connectivity index (χ0v) is 14.8. The summed E-state index contributed by atoms with van der Waals surface area (Å²) in [7, 11) is 1.54. The van der Waals surface area contributed by atoms with Gasteiger partial charge in [-0.15, -0.1) is 0 Å². The van der Waals surface area contributed by atoms with Gasteiger partial charge in [0.15, 0.2) is 6.10 Å². The van der Waals surface area contributed by atoms with E-state index in [1.807, 2.05) is 57.2 Å². The maximum absolute atomic E-state index is 12.2. The minimum atomic E-state index is -0.636. The van der Waals surface area contributed by atoms with Gasteiger partial charge in [-0.1, -0.05) is 36.4 Å². The number of amides is 1. The van der Waals surface area contributed by atoms with E-state index in [0.717, 1.165) is 28.0 Å². The van der Waals surface area contributed by atoms with Crippen molar-refractivity contribution in [3.05, 3.63) is 64.7 Å². The van der Waals surface area contributed by atoms with Gasteiger partial charge in [0.05, 0.1) is 0 Å². The lowest BCUT2D eigenvalue weighted by atomic mass is 10.0. The fourth-order valence-electron chi connectivity index (χ4n) is 2.58. The van der Waals surface area contributed by atoms with E-state index in [-0.39, 0.29) is 5.91 Å². The third kappa shape index (κ3) is 4.36. The van der Waals surface area contributed by atoms with Gasteiger partial charge in [0.25, 0.3) is 5.91 Å². The highest BCUT2D eigenvalue weighted by Crippen LogP contribution is 2.25. The van der Waals surface area contributed by atoms with Crippen molar-refractivity contribution in [2.75, 3.05) is 13.7 Å². The van der Waals surface area contributed by atoms with Gasteiger partial charge in [-0.2, -0.15) is 0 Å². The number of hydrogen-bond donors (Lipinski definition) is 1. The van der Waals surface area contributed by atoms with Crippen molar-refractivity contribution in [1.82, 2.24) is 5.32 Å². The molecular weight excluding hydrogens is 302 g/mol. The summed E-state index contributed by atoms with van der Waals surface area (Å²) < 4.78 is 11.4. The van der Waals surface area contributed by atoms with E-state index < -0.39 is 6.10 Å². The molecule has 0 radical (unpaired) electrons. The molecule has 0 fully saturated rings. The van der Waals surface area contributed by atoms with Crippen molar-refractivity contribution in [2.45, 2.75) is 33.5 Å². The van der Waals surface area contributed by atoms with Crippen LogP contribution in [0.25, 0.3) is 0 Å². The average molecular weight is 327 g/mol. The van der Waals surface area contributed by atoms with E-state index in [2.05, 4.69) is 11.4 Å². The van der Waals surface area contributed by atoms with Crippen LogP contribution < -0.4 is 10.1 Å². The molecule has 24 heavy (non-hydrogen) atoms. The van der Waals surface area contributed by atoms with Crippen molar-refractivity contribution in [2.24, 2.45) is 0 Å². The van der Waals surface area contributed by atoms with E-state index in [4.69, 9.17) is 9.47 Å². The molecule has 0 aliphatic heterocycles. The molecule has 1 unspecified atom stereocenters. The van der Waals surface area contributed by atoms with Crippen LogP contribution in [0.4, 0.5) is 0 Å². The zero-order chi connectivity index (χ0) is 17.5. The average Bonchev–Trinajstić information content (AvgIpc) is 2.57. The molecule has 2 aromatic carbocycles. The second kappa shape index (κ2) is 8.50. The first kappa shape index (κ1) is 18.0. The third-order valence-electron chi connectivity index (χ3n) is 3.89. The summed E-state index contributed by atoms with van der Waals surface area (Å²) in [6, 6.07) is 13.8. The molecule has 2 aromatic rings. The van der Waals surface area contributed by atoms with Crippen LogP contribution in [0.1, 0.15) is 35.3 Å². The van der Waals surface area contributed by atoms with Gasteiger partial charge in [-0.3, -0.25) is 4.79 Å². The largest absolute Gasteiger partial charge is 0.489 e. The van der Waals surface area contributed by atoms with Crippen LogP contribution in [0.15, 0.2) is 42.5 Å². The monoisotopic (exact) mass is 327 g/mol. The number of ether oxygens (including phenoxy) is 2. The van der Waals surface area contributed by atoms with E-state index in [9.17, 15) is 4.79 Å². The molecule has 128 valence electrons. The number of hydrogen-bond acceptors (Lipinski definition) is 3. The zero-order valence-electron chi connectivity index (χ0n) is 14.8. The molecule has 0 bridgehead atoms. The maximum Gasteiger partial charge on any atom is 0.253 e. The standard InChI is InChI=1S/C20H25NO3/c1-5-21-20(22)19(23-4)17-9-7-6-8-16(17)13-24-18-12-14(2)10-11-15(18)3/h6-12,19H,5,13H2,1-4H3,(H,21,22). The summed E-state index contributed by atoms with van der Waals surface area (Å²) in [6.07, 6.45) is -0.636. The van der Waals surface area contributed by atoms with Gasteiger partial charge in [0.1, 0.15) is 12.4 Å². The van der Waals surface area contributed by atoms with Gasteiger partial charge < -0.3 is 14.8 Å². The number of likely N-dealkylation sites (N-methyl/N-ethyl adjacent to an activating group) is 1. The summed E-state index contributed by atoms with van der Waals surface area (Å²) >= 11 is 0. The minimum absolute atomic E-state index is 0.140. The number of methoxy groups -OCH3 is 1. The highest BCUT2D eigenvalue weighted by Gasteiger charge is 2.22. The van der Waals surface area contributed by atoms with Crippen molar-refractivity contribution in [3.63, 3.8) is 0 Å². The van der Waals surface area contributed by atoms with Crippen molar-refractivity contribution in [3.8, 4) is 5.75 Å². The number of benzene rings is 2. The molecule has 0 heterocycles. The van der Waals surface area contributed by atoms with Crippen molar-refractivity contribution < 1.29 is 14.3 Å². The molecule has 1 amide bonds. The van der Waals surface area contributed by atoms with Crippen LogP contribution in [-0.4, -0.2) is 19.6 Å². The summed E-state index contributed by atoms with van der Waals surface area (Å²) in [4.78, 5) is 12.2. The van der Waals surface area contributed by atoms with Crippen LogP contribution in [0.5, 0.6) is 5.75 Å². The van der Waals surface area contributed by atoms with Crippen LogP contribution in [-0.2, 0) is 16.1 Å². The molecule has 0 saturated carbocycles. The van der Waals surface area contributed by atoms with E-state index >= 15 is 0 Å². The predicted octanol–water partition coefficient (Wildman–Crippen LogP) is 3.71. The molecule has 0 saturated heterocycles. The number of aryl methyl sites for hydroxylation is 2. The van der Waals surface area contributed by atoms with Crippen molar-refractivity contribution >= 4 is 5.91 Å². The van der Waals surface area contributed by atoms with Crippen LogP contribution in [0, 0.1) is 13.8 Å². The fraction of sp³-hybridized carbons (Fsp3) is 0.350. The molecule has 4 heteroatoms. The molecule has 0 aliphatic rings. The Morgan fingerprint density at radius 1 is 1.17 bits per heavy atom. The summed E-state index contributed by atoms with van der Waals surface area (Å²) in [6.45, 7) is 6.91. The molecule has 1 N–H and O–H groups in total. The Labute approximate surface area is 143 Å². The number of carbonyl (C=O) groups excluding carboxylic acids is 1. The van der Waals surface area contributed by atoms with E-state index in [0.29, 0.717) is 13.2 Å². The predicted molar refractivity (Wildman–Crippen MR) is 95.1 cm³/mol. The highest BCUT2D eigenvalue weighted by molar-refractivity contribution is 5.82. The van der Waals surface area contributed by atoms with Gasteiger partial charge in [-0.25, -0.2) is 0 Å². The second-order valence-electron chi connectivity index (χ2n) is 5.77. The Bertz CT molecular complexity index is 697. The number of rotatable bonds is 7. The Morgan fingerprint density at radius 3 is 2.62 bits per heavy atom. The van der Waals surface area contributed by atoms with E-state index in [1.165, 1.54) is 0 Å². The SMILES string of the molecule is CCNC(=O)C(OC)c1ccccc1COc1cc(C)ccc1C. The van der Waals surface area contributed by atoms with Crippen molar-refractivity contribution in [1.29, 1.82) is 0 Å². The smallest absolute Gasteiger partial charge is 0.253 e. The van der Waals surface area contributed by atoms with Gasteiger partial charge in [0, 0.05) is 13.7 Å². The van der Waals surface area contributed by atoms with Crippen LogP contribution in [0.3, 0.4) is 0 Å². The first-order valence-corrected chi connectivity index (χ1v) is 8.15. The van der Waals surface area contributed by atoms with Gasteiger partial charge in [0.2, 0.25) is 0 Å². The summed E-state index contributed by atoms with van der Waals surface area (Å²) in [5.41, 5.74) is 4.01. The number of carbonyl (C=O) groups is 1. The van der Waals surface area contributed by atoms with Gasteiger partial charge >= 0.3 is 0 Å². The first-order chi connectivity index (χ1) is 11.6. The first-order valence-electron chi connectivity index (χ1n) is 8.15. The van der Waals surface area contributed by atoms with E-state index in [1.54, 1.807) is 7.11 Å². The minimum Gasteiger partial charge on any atom is -0.489 e. The topological polar surface area (TPSA) is 47.6 Å². The third-order valence-corrected chi connectivity index (χ3v) is 3.89. The summed E-state index contributed by atoms with van der Waals surface area (Å²) in [5, 5.41) is 2.81. The Hall–Kier alpha value is -2.33. The van der Waals surface area contributed by atoms with Crippen LogP contribution >= 0.6 is 0 Å². The molecule has 4 nitrogen and oxygen atoms in total. The highest BCUT2D eigenvalue weighted by atomic mass is 16.5. The lowest BCUT2D eigenvalue weighted by molar-refractivity contribution is -0.131. The Morgan fingerprint density at radius 2 is 1.92 bits per heavy atom. The molecule has 0 spiro atoms. The number of nitrogens with one attached hydrogen (secondary N) is 1.